The van der Waals surface area contributed by atoms with E-state index in [0.717, 1.165) is 19.6 Å². The lowest BCUT2D eigenvalue weighted by Gasteiger charge is -2.22. The summed E-state index contributed by atoms with van der Waals surface area (Å²) in [7, 11) is 0. The van der Waals surface area contributed by atoms with E-state index in [4.69, 9.17) is 11.1 Å². The Balaban J connectivity index is 0.00000220. The van der Waals surface area contributed by atoms with Gasteiger partial charge in [0.15, 0.2) is 0 Å². The van der Waals surface area contributed by atoms with Crippen LogP contribution < -0.4 is 5.73 Å². The molecule has 3 N–H and O–H groups in total. The summed E-state index contributed by atoms with van der Waals surface area (Å²) in [5, 5.41) is 7.40. The summed E-state index contributed by atoms with van der Waals surface area (Å²) in [5.41, 5.74) is 8.05. The van der Waals surface area contributed by atoms with Crippen molar-refractivity contribution in [2.24, 2.45) is 5.73 Å². The molecule has 120 valence electrons. The zero-order valence-electron chi connectivity index (χ0n) is 12.4. The fraction of sp³-hybridized carbons (Fsp3) is 0.235. The first-order valence-corrected chi connectivity index (χ1v) is 6.87. The van der Waals surface area contributed by atoms with Gasteiger partial charge in [0.25, 0.3) is 0 Å². The fourth-order valence-corrected chi connectivity index (χ4v) is 2.18. The molecule has 0 amide bonds. The fourth-order valence-electron chi connectivity index (χ4n) is 2.18. The molecule has 0 aromatic heterocycles. The maximum atomic E-state index is 7.40. The minimum Gasteiger partial charge on any atom is -0.388 e. The topological polar surface area (TPSA) is 53.1 Å². The van der Waals surface area contributed by atoms with E-state index in [1.54, 1.807) is 0 Å². The van der Waals surface area contributed by atoms with Crippen LogP contribution in [0.2, 0.25) is 0 Å². The smallest absolute Gasteiger partial charge is 0.0918 e. The highest BCUT2D eigenvalue weighted by Crippen LogP contribution is 2.10. The van der Waals surface area contributed by atoms with Crippen LogP contribution in [0.25, 0.3) is 0 Å². The van der Waals surface area contributed by atoms with Gasteiger partial charge in [-0.3, -0.25) is 10.3 Å². The number of nitrogens with zero attached hydrogens (tertiary/aromatic N) is 1. The molecule has 3 nitrogen and oxygen atoms in total. The Morgan fingerprint density at radius 3 is 1.59 bits per heavy atom. The summed E-state index contributed by atoms with van der Waals surface area (Å²) in [5.74, 6) is 0.246. The van der Waals surface area contributed by atoms with Gasteiger partial charge in [-0.1, -0.05) is 60.7 Å². The van der Waals surface area contributed by atoms with E-state index in [0.29, 0.717) is 6.42 Å². The van der Waals surface area contributed by atoms with Gasteiger partial charge < -0.3 is 5.73 Å². The summed E-state index contributed by atoms with van der Waals surface area (Å²) in [6.45, 7) is 2.56. The third-order valence-corrected chi connectivity index (χ3v) is 3.20. The number of nitrogens with two attached hydrogens (primary N) is 1. The summed E-state index contributed by atoms with van der Waals surface area (Å²) < 4.78 is 0. The Bertz CT molecular complexity index is 491. The van der Waals surface area contributed by atoms with Crippen molar-refractivity contribution in [3.05, 3.63) is 71.8 Å². The molecule has 0 radical (unpaired) electrons. The highest BCUT2D eigenvalue weighted by molar-refractivity contribution is 5.85. The standard InChI is InChI=1S/C17H21N3.2ClH/c18-17(19)11-12-20(13-15-7-3-1-4-8-15)14-16-9-5-2-6-10-16;;/h1-10H,11-14H2,(H3,18,19);2*1H. The molecule has 2 rings (SSSR count). The highest BCUT2D eigenvalue weighted by atomic mass is 35.5. The molecule has 0 saturated heterocycles. The number of halogens is 2. The molecule has 0 heterocycles. The minimum atomic E-state index is 0. The largest absolute Gasteiger partial charge is 0.388 e. The molecule has 0 atom stereocenters. The molecular formula is C17H23Cl2N3. The van der Waals surface area contributed by atoms with Crippen LogP contribution in [0.15, 0.2) is 60.7 Å². The molecule has 22 heavy (non-hydrogen) atoms. The Kier molecular flexibility index (Phi) is 10.3. The van der Waals surface area contributed by atoms with Crippen LogP contribution in [0.1, 0.15) is 17.5 Å². The number of benzene rings is 2. The highest BCUT2D eigenvalue weighted by Gasteiger charge is 2.07. The third kappa shape index (κ3) is 7.46. The summed E-state index contributed by atoms with van der Waals surface area (Å²) in [6, 6.07) is 20.8. The van der Waals surface area contributed by atoms with Crippen molar-refractivity contribution in [1.29, 1.82) is 5.41 Å². The molecule has 0 saturated carbocycles. The minimum absolute atomic E-state index is 0. The van der Waals surface area contributed by atoms with E-state index >= 15 is 0 Å². The van der Waals surface area contributed by atoms with Crippen molar-refractivity contribution in [2.75, 3.05) is 6.54 Å². The first-order valence-electron chi connectivity index (χ1n) is 6.87. The monoisotopic (exact) mass is 339 g/mol. The van der Waals surface area contributed by atoms with Gasteiger partial charge in [-0.15, -0.1) is 24.8 Å². The van der Waals surface area contributed by atoms with Gasteiger partial charge in [-0.25, -0.2) is 0 Å². The first-order chi connectivity index (χ1) is 9.74. The lowest BCUT2D eigenvalue weighted by molar-refractivity contribution is 0.264. The first kappa shape index (κ1) is 20.5. The van der Waals surface area contributed by atoms with Gasteiger partial charge in [-0.05, 0) is 11.1 Å². The van der Waals surface area contributed by atoms with Crippen molar-refractivity contribution in [3.63, 3.8) is 0 Å². The van der Waals surface area contributed by atoms with E-state index in [9.17, 15) is 0 Å². The van der Waals surface area contributed by atoms with E-state index in [1.807, 2.05) is 12.1 Å². The van der Waals surface area contributed by atoms with Crippen LogP contribution in [0.5, 0.6) is 0 Å². The SMILES string of the molecule is Cl.Cl.N=C(N)CCN(Cc1ccccc1)Cc1ccccc1. The van der Waals surface area contributed by atoms with Crippen molar-refractivity contribution >= 4 is 30.6 Å². The van der Waals surface area contributed by atoms with Gasteiger partial charge in [0.2, 0.25) is 0 Å². The number of rotatable bonds is 7. The molecule has 0 bridgehead atoms. The lowest BCUT2D eigenvalue weighted by Crippen LogP contribution is -2.27. The molecule has 2 aromatic carbocycles. The van der Waals surface area contributed by atoms with Crippen molar-refractivity contribution in [1.82, 2.24) is 4.90 Å². The van der Waals surface area contributed by atoms with E-state index < -0.39 is 0 Å². The van der Waals surface area contributed by atoms with Crippen molar-refractivity contribution in [2.45, 2.75) is 19.5 Å². The molecule has 0 spiro atoms. The van der Waals surface area contributed by atoms with Crippen LogP contribution in [0.3, 0.4) is 0 Å². The average Bonchev–Trinajstić information content (AvgIpc) is 2.47. The van der Waals surface area contributed by atoms with Crippen LogP contribution in [-0.4, -0.2) is 17.3 Å². The molecule has 0 aliphatic heterocycles. The molecule has 0 unspecified atom stereocenters. The van der Waals surface area contributed by atoms with Crippen LogP contribution in [-0.2, 0) is 13.1 Å². The number of hydrogen-bond donors (Lipinski definition) is 2. The molecule has 5 heteroatoms. The number of nitrogens with one attached hydrogen (secondary N) is 1. The number of amidine groups is 1. The normalized spacial score (nSPS) is 9.68. The predicted molar refractivity (Wildman–Crippen MR) is 98.0 cm³/mol. The van der Waals surface area contributed by atoms with Crippen molar-refractivity contribution in [3.8, 4) is 0 Å². The second-order valence-electron chi connectivity index (χ2n) is 4.96. The lowest BCUT2D eigenvalue weighted by atomic mass is 10.1. The van der Waals surface area contributed by atoms with E-state index in [2.05, 4.69) is 53.4 Å². The van der Waals surface area contributed by atoms with Crippen molar-refractivity contribution < 1.29 is 0 Å². The molecule has 0 fully saturated rings. The van der Waals surface area contributed by atoms with Crippen LogP contribution >= 0.6 is 24.8 Å². The Morgan fingerprint density at radius 1 is 0.818 bits per heavy atom. The van der Waals surface area contributed by atoms with Gasteiger partial charge in [0, 0.05) is 26.1 Å². The summed E-state index contributed by atoms with van der Waals surface area (Å²) in [4.78, 5) is 2.33. The van der Waals surface area contributed by atoms with Gasteiger partial charge in [-0.2, -0.15) is 0 Å². The van der Waals surface area contributed by atoms with E-state index in [-0.39, 0.29) is 30.6 Å². The maximum Gasteiger partial charge on any atom is 0.0918 e. The second-order valence-corrected chi connectivity index (χ2v) is 4.96. The zero-order valence-corrected chi connectivity index (χ0v) is 14.1. The molecular weight excluding hydrogens is 317 g/mol. The zero-order chi connectivity index (χ0) is 14.2. The molecule has 0 aliphatic carbocycles. The van der Waals surface area contributed by atoms with E-state index in [1.165, 1.54) is 11.1 Å². The average molecular weight is 340 g/mol. The third-order valence-electron chi connectivity index (χ3n) is 3.20. The predicted octanol–water partition coefficient (Wildman–Crippen LogP) is 3.86. The molecule has 0 aliphatic rings. The second kappa shape index (κ2) is 11.1. The Morgan fingerprint density at radius 2 is 1.23 bits per heavy atom. The van der Waals surface area contributed by atoms with Crippen LogP contribution in [0, 0.1) is 5.41 Å². The summed E-state index contributed by atoms with van der Waals surface area (Å²) in [6.07, 6.45) is 0.611. The molecule has 2 aromatic rings. The summed E-state index contributed by atoms with van der Waals surface area (Å²) >= 11 is 0. The Hall–Kier alpha value is -1.55. The van der Waals surface area contributed by atoms with Crippen LogP contribution in [0.4, 0.5) is 0 Å². The van der Waals surface area contributed by atoms with Gasteiger partial charge >= 0.3 is 0 Å². The van der Waals surface area contributed by atoms with Gasteiger partial charge in [0.1, 0.15) is 0 Å². The quantitative estimate of drug-likeness (QED) is 0.594. The Labute approximate surface area is 144 Å². The number of hydrogen-bond acceptors (Lipinski definition) is 2. The maximum absolute atomic E-state index is 7.40. The van der Waals surface area contributed by atoms with Gasteiger partial charge in [0.05, 0.1) is 5.84 Å².